The third-order valence-electron chi connectivity index (χ3n) is 6.85. The molecule has 4 aliphatic rings. The van der Waals surface area contributed by atoms with E-state index in [9.17, 15) is 4.79 Å². The maximum atomic E-state index is 12.7. The first kappa shape index (κ1) is 16.6. The van der Waals surface area contributed by atoms with Gasteiger partial charge in [0.2, 0.25) is 0 Å². The Kier molecular flexibility index (Phi) is 3.52. The Morgan fingerprint density at radius 3 is 2.81 bits per heavy atom. The number of terminal acetylenes is 1. The Labute approximate surface area is 158 Å². The van der Waals surface area contributed by atoms with Crippen LogP contribution < -0.4 is 4.74 Å². The minimum atomic E-state index is -0.366. The predicted octanol–water partition coefficient (Wildman–Crippen LogP) is 2.91. The third-order valence-corrected chi connectivity index (χ3v) is 6.85. The maximum Gasteiger partial charge on any atom is 0.311 e. The van der Waals surface area contributed by atoms with Crippen LogP contribution in [0.4, 0.5) is 0 Å². The molecule has 0 spiro atoms. The number of methoxy groups -OCH3 is 1. The summed E-state index contributed by atoms with van der Waals surface area (Å²) >= 11 is 0. The second-order valence-electron chi connectivity index (χ2n) is 8.58. The molecular formula is C21H23N3O3. The molecule has 140 valence electrons. The summed E-state index contributed by atoms with van der Waals surface area (Å²) in [6, 6.07) is 5.85. The standard InChI is InChI=1S/C21H23N3O3/c1-3-7-27-17-6-4-5-16-18(17)22-23-24(16)21-11-14-8-15(12-21)10-20(9-14,13-21)19(25)26-2/h1,4-6,14-15H,7-13H2,2H3. The van der Waals surface area contributed by atoms with Gasteiger partial charge >= 0.3 is 5.97 Å². The van der Waals surface area contributed by atoms with Crippen LogP contribution in [0, 0.1) is 29.6 Å². The lowest BCUT2D eigenvalue weighted by Gasteiger charge is -2.60. The molecule has 0 N–H and O–H groups in total. The molecule has 2 aromatic rings. The Bertz CT molecular complexity index is 943. The number of rotatable bonds is 4. The summed E-state index contributed by atoms with van der Waals surface area (Å²) < 4.78 is 12.9. The molecule has 1 heterocycles. The van der Waals surface area contributed by atoms with Gasteiger partial charge in [0, 0.05) is 0 Å². The van der Waals surface area contributed by atoms with E-state index < -0.39 is 0 Å². The van der Waals surface area contributed by atoms with Gasteiger partial charge in [-0.2, -0.15) is 0 Å². The van der Waals surface area contributed by atoms with Crippen molar-refractivity contribution >= 4 is 17.0 Å². The molecule has 2 unspecified atom stereocenters. The van der Waals surface area contributed by atoms with E-state index in [1.54, 1.807) is 0 Å². The van der Waals surface area contributed by atoms with Crippen molar-refractivity contribution in [2.45, 2.75) is 44.1 Å². The van der Waals surface area contributed by atoms with Gasteiger partial charge < -0.3 is 9.47 Å². The Morgan fingerprint density at radius 1 is 1.33 bits per heavy atom. The number of hydrogen-bond donors (Lipinski definition) is 0. The Morgan fingerprint density at radius 2 is 2.11 bits per heavy atom. The molecule has 0 aliphatic heterocycles. The van der Waals surface area contributed by atoms with Crippen molar-refractivity contribution in [3.63, 3.8) is 0 Å². The van der Waals surface area contributed by atoms with Gasteiger partial charge in [-0.15, -0.1) is 11.5 Å². The molecule has 1 aromatic carbocycles. The molecule has 4 bridgehead atoms. The largest absolute Gasteiger partial charge is 0.479 e. The molecule has 0 amide bonds. The average Bonchev–Trinajstić information content (AvgIpc) is 3.10. The van der Waals surface area contributed by atoms with Gasteiger partial charge in [0.1, 0.15) is 6.61 Å². The average molecular weight is 365 g/mol. The van der Waals surface area contributed by atoms with E-state index in [1.165, 1.54) is 13.5 Å². The van der Waals surface area contributed by atoms with Gasteiger partial charge in [-0.25, -0.2) is 4.68 Å². The molecule has 0 saturated heterocycles. The first-order valence-electron chi connectivity index (χ1n) is 9.59. The van der Waals surface area contributed by atoms with Gasteiger partial charge in [0.05, 0.1) is 23.6 Å². The fraction of sp³-hybridized carbons (Fsp3) is 0.571. The van der Waals surface area contributed by atoms with Gasteiger partial charge in [-0.1, -0.05) is 17.2 Å². The van der Waals surface area contributed by atoms with Crippen LogP contribution in [0.2, 0.25) is 0 Å². The van der Waals surface area contributed by atoms with Crippen molar-refractivity contribution in [1.82, 2.24) is 15.0 Å². The number of esters is 1. The lowest BCUT2D eigenvalue weighted by molar-refractivity contribution is -0.176. The highest BCUT2D eigenvalue weighted by atomic mass is 16.5. The molecule has 0 radical (unpaired) electrons. The van der Waals surface area contributed by atoms with E-state index in [2.05, 4.69) is 20.9 Å². The number of benzene rings is 1. The van der Waals surface area contributed by atoms with E-state index in [0.717, 1.165) is 43.1 Å². The summed E-state index contributed by atoms with van der Waals surface area (Å²) in [6.45, 7) is 0.201. The van der Waals surface area contributed by atoms with Crippen molar-refractivity contribution in [3.8, 4) is 18.1 Å². The van der Waals surface area contributed by atoms with E-state index in [1.807, 2.05) is 18.2 Å². The number of carbonyl (C=O) groups is 1. The van der Waals surface area contributed by atoms with Crippen LogP contribution >= 0.6 is 0 Å². The number of aromatic nitrogens is 3. The summed E-state index contributed by atoms with van der Waals surface area (Å²) in [5.41, 5.74) is 1.15. The molecule has 2 atom stereocenters. The summed E-state index contributed by atoms with van der Waals surface area (Å²) in [4.78, 5) is 12.7. The van der Waals surface area contributed by atoms with Crippen LogP contribution in [0.15, 0.2) is 18.2 Å². The van der Waals surface area contributed by atoms with Gasteiger partial charge in [-0.05, 0) is 62.5 Å². The highest BCUT2D eigenvalue weighted by molar-refractivity contribution is 5.82. The second-order valence-corrected chi connectivity index (χ2v) is 8.58. The van der Waals surface area contributed by atoms with E-state index in [4.69, 9.17) is 15.9 Å². The quantitative estimate of drug-likeness (QED) is 0.616. The van der Waals surface area contributed by atoms with Crippen molar-refractivity contribution in [1.29, 1.82) is 0 Å². The maximum absolute atomic E-state index is 12.7. The van der Waals surface area contributed by atoms with Crippen LogP contribution in [-0.2, 0) is 15.1 Å². The second kappa shape index (κ2) is 5.72. The smallest absolute Gasteiger partial charge is 0.311 e. The topological polar surface area (TPSA) is 66.2 Å². The van der Waals surface area contributed by atoms with Crippen molar-refractivity contribution in [3.05, 3.63) is 18.2 Å². The van der Waals surface area contributed by atoms with Crippen LogP contribution in [0.5, 0.6) is 5.75 Å². The van der Waals surface area contributed by atoms with Crippen LogP contribution in [0.25, 0.3) is 11.0 Å². The van der Waals surface area contributed by atoms with Crippen LogP contribution in [0.3, 0.4) is 0 Å². The Hall–Kier alpha value is -2.55. The summed E-state index contributed by atoms with van der Waals surface area (Å²) in [5.74, 6) is 4.19. The van der Waals surface area contributed by atoms with Crippen LogP contribution in [-0.4, -0.2) is 34.7 Å². The number of fused-ring (bicyclic) bond motifs is 1. The molecule has 4 aliphatic carbocycles. The minimum absolute atomic E-state index is 0.0524. The third kappa shape index (κ3) is 2.30. The summed E-state index contributed by atoms with van der Waals surface area (Å²) in [6.07, 6.45) is 11.3. The summed E-state index contributed by atoms with van der Waals surface area (Å²) in [7, 11) is 1.51. The normalized spacial score (nSPS) is 33.8. The fourth-order valence-corrected chi connectivity index (χ4v) is 6.42. The zero-order valence-corrected chi connectivity index (χ0v) is 15.5. The molecular weight excluding hydrogens is 342 g/mol. The minimum Gasteiger partial charge on any atom is -0.479 e. The van der Waals surface area contributed by atoms with Crippen molar-refractivity contribution in [2.75, 3.05) is 13.7 Å². The lowest BCUT2D eigenvalue weighted by Crippen LogP contribution is -2.59. The van der Waals surface area contributed by atoms with Crippen molar-refractivity contribution < 1.29 is 14.3 Å². The Balaban J connectivity index is 1.60. The number of hydrogen-bond acceptors (Lipinski definition) is 5. The molecule has 6 nitrogen and oxygen atoms in total. The van der Waals surface area contributed by atoms with Crippen LogP contribution in [0.1, 0.15) is 38.5 Å². The van der Waals surface area contributed by atoms with Gasteiger partial charge in [0.15, 0.2) is 11.3 Å². The van der Waals surface area contributed by atoms with E-state index in [0.29, 0.717) is 17.6 Å². The highest BCUT2D eigenvalue weighted by Gasteiger charge is 2.62. The first-order chi connectivity index (χ1) is 13.1. The molecule has 6 rings (SSSR count). The molecule has 27 heavy (non-hydrogen) atoms. The highest BCUT2D eigenvalue weighted by Crippen LogP contribution is 2.64. The fourth-order valence-electron chi connectivity index (χ4n) is 6.42. The number of nitrogens with zero attached hydrogens (tertiary/aromatic N) is 3. The first-order valence-corrected chi connectivity index (χ1v) is 9.59. The van der Waals surface area contributed by atoms with Gasteiger partial charge in [0.25, 0.3) is 0 Å². The van der Waals surface area contributed by atoms with Gasteiger partial charge in [-0.3, -0.25) is 4.79 Å². The SMILES string of the molecule is C#CCOc1cccc2c1nnn2C12CC3CC(CC(C(=O)OC)(C3)C1)C2. The monoisotopic (exact) mass is 365 g/mol. The number of ether oxygens (including phenoxy) is 2. The van der Waals surface area contributed by atoms with Crippen molar-refractivity contribution in [2.24, 2.45) is 17.3 Å². The summed E-state index contributed by atoms with van der Waals surface area (Å²) in [5, 5.41) is 8.97. The van der Waals surface area contributed by atoms with E-state index in [-0.39, 0.29) is 23.5 Å². The van der Waals surface area contributed by atoms with E-state index >= 15 is 0 Å². The molecule has 6 heteroatoms. The lowest BCUT2D eigenvalue weighted by atomic mass is 9.47. The molecule has 1 aromatic heterocycles. The zero-order valence-electron chi connectivity index (χ0n) is 15.5. The number of carbonyl (C=O) groups excluding carboxylic acids is 1. The molecule has 4 saturated carbocycles. The molecule has 4 fully saturated rings. The zero-order chi connectivity index (χ0) is 18.6. The predicted molar refractivity (Wildman–Crippen MR) is 99.0 cm³/mol.